The minimum Gasteiger partial charge on any atom is -0.478 e. The van der Waals surface area contributed by atoms with Crippen molar-refractivity contribution in [3.8, 4) is 11.1 Å². The number of nitrogens with zero attached hydrogens (tertiary/aromatic N) is 1. The van der Waals surface area contributed by atoms with E-state index in [4.69, 9.17) is 4.74 Å². The molecule has 1 aliphatic heterocycles. The molecule has 2 aromatic rings. The van der Waals surface area contributed by atoms with Crippen LogP contribution < -0.4 is 0 Å². The zero-order valence-corrected chi connectivity index (χ0v) is 17.3. The van der Waals surface area contributed by atoms with Crippen molar-refractivity contribution >= 4 is 11.9 Å². The lowest BCUT2D eigenvalue weighted by atomic mass is 9.78. The molecule has 1 heterocycles. The van der Waals surface area contributed by atoms with Crippen molar-refractivity contribution in [3.05, 3.63) is 59.2 Å². The highest BCUT2D eigenvalue weighted by Gasteiger charge is 2.26. The third-order valence-corrected chi connectivity index (χ3v) is 6.31. The van der Waals surface area contributed by atoms with Crippen LogP contribution in [0.2, 0.25) is 0 Å². The van der Waals surface area contributed by atoms with Crippen molar-refractivity contribution in [1.29, 1.82) is 0 Å². The summed E-state index contributed by atoms with van der Waals surface area (Å²) in [7, 11) is 0. The second-order valence-corrected chi connectivity index (χ2v) is 8.28. The molecule has 2 fully saturated rings. The second kappa shape index (κ2) is 9.43. The van der Waals surface area contributed by atoms with Crippen LogP contribution in [-0.2, 0) is 16.0 Å². The van der Waals surface area contributed by atoms with Gasteiger partial charge in [-0.05, 0) is 53.1 Å². The Balaban J connectivity index is 1.80. The molecule has 0 aromatic heterocycles. The van der Waals surface area contributed by atoms with Crippen molar-refractivity contribution in [1.82, 2.24) is 4.90 Å². The normalized spacial score (nSPS) is 17.7. The van der Waals surface area contributed by atoms with Crippen molar-refractivity contribution in [2.45, 2.75) is 44.4 Å². The van der Waals surface area contributed by atoms with E-state index >= 15 is 0 Å². The average molecular weight is 408 g/mol. The van der Waals surface area contributed by atoms with Crippen molar-refractivity contribution in [2.24, 2.45) is 0 Å². The minimum absolute atomic E-state index is 0.0348. The number of carboxylic acid groups (broad SMARTS) is 1. The lowest BCUT2D eigenvalue weighted by Gasteiger charge is -2.29. The monoisotopic (exact) mass is 407 g/mol. The van der Waals surface area contributed by atoms with Gasteiger partial charge in [0.15, 0.2) is 0 Å². The van der Waals surface area contributed by atoms with Crippen LogP contribution in [0.1, 0.15) is 59.5 Å². The molecule has 5 nitrogen and oxygen atoms in total. The molecule has 1 aliphatic carbocycles. The van der Waals surface area contributed by atoms with Crippen LogP contribution in [-0.4, -0.2) is 48.2 Å². The molecule has 30 heavy (non-hydrogen) atoms. The Bertz CT molecular complexity index is 897. The summed E-state index contributed by atoms with van der Waals surface area (Å²) < 4.78 is 5.37. The van der Waals surface area contributed by atoms with E-state index in [1.54, 1.807) is 6.07 Å². The maximum Gasteiger partial charge on any atom is 0.335 e. The summed E-state index contributed by atoms with van der Waals surface area (Å²) in [5, 5.41) is 9.76. The van der Waals surface area contributed by atoms with Crippen LogP contribution >= 0.6 is 0 Å². The molecule has 2 aliphatic rings. The molecule has 1 saturated carbocycles. The number of amides is 1. The van der Waals surface area contributed by atoms with Crippen LogP contribution in [0.3, 0.4) is 0 Å². The van der Waals surface area contributed by atoms with E-state index in [1.165, 1.54) is 6.42 Å². The molecule has 4 rings (SSSR count). The first-order chi connectivity index (χ1) is 14.6. The third-order valence-electron chi connectivity index (χ3n) is 6.31. The molecule has 158 valence electrons. The van der Waals surface area contributed by atoms with Crippen LogP contribution in [0.4, 0.5) is 0 Å². The summed E-state index contributed by atoms with van der Waals surface area (Å²) in [5.41, 5.74) is 4.29. The highest BCUT2D eigenvalue weighted by atomic mass is 16.5. The van der Waals surface area contributed by atoms with Gasteiger partial charge in [-0.1, -0.05) is 49.6 Å². The standard InChI is InChI=1S/C25H29NO4/c27-23(26-11-13-30-14-12-26)17-20-15-21(25(28)29)16-22(18-7-3-1-4-8-18)24(20)19-9-5-2-6-10-19/h2,5-6,9-10,15-16,18H,1,3-4,7-8,11-14,17H2,(H,28,29). The lowest BCUT2D eigenvalue weighted by molar-refractivity contribution is -0.134. The number of hydrogen-bond donors (Lipinski definition) is 1. The van der Waals surface area contributed by atoms with E-state index in [-0.39, 0.29) is 17.9 Å². The molecule has 1 saturated heterocycles. The summed E-state index contributed by atoms with van der Waals surface area (Å²) >= 11 is 0. The summed E-state index contributed by atoms with van der Waals surface area (Å²) in [6, 6.07) is 13.7. The summed E-state index contributed by atoms with van der Waals surface area (Å²) in [5.74, 6) is -0.565. The summed E-state index contributed by atoms with van der Waals surface area (Å²) in [6.45, 7) is 2.29. The summed E-state index contributed by atoms with van der Waals surface area (Å²) in [4.78, 5) is 26.8. The van der Waals surface area contributed by atoms with Crippen molar-refractivity contribution in [3.63, 3.8) is 0 Å². The number of aromatic carboxylic acids is 1. The fourth-order valence-corrected chi connectivity index (χ4v) is 4.77. The Morgan fingerprint density at radius 1 is 1.00 bits per heavy atom. The Morgan fingerprint density at radius 2 is 1.70 bits per heavy atom. The highest BCUT2D eigenvalue weighted by Crippen LogP contribution is 2.40. The molecule has 0 bridgehead atoms. The van der Waals surface area contributed by atoms with Gasteiger partial charge in [-0.3, -0.25) is 4.79 Å². The van der Waals surface area contributed by atoms with Gasteiger partial charge in [0, 0.05) is 13.1 Å². The molecular formula is C25H29NO4. The van der Waals surface area contributed by atoms with Gasteiger partial charge in [-0.25, -0.2) is 4.79 Å². The number of carboxylic acids is 1. The third kappa shape index (κ3) is 4.57. The number of rotatable bonds is 5. The van der Waals surface area contributed by atoms with Gasteiger partial charge < -0.3 is 14.7 Å². The maximum atomic E-state index is 13.0. The zero-order chi connectivity index (χ0) is 20.9. The van der Waals surface area contributed by atoms with Crippen LogP contribution in [0.15, 0.2) is 42.5 Å². The topological polar surface area (TPSA) is 66.8 Å². The molecule has 0 atom stereocenters. The first-order valence-corrected chi connectivity index (χ1v) is 10.9. The first-order valence-electron chi connectivity index (χ1n) is 10.9. The number of hydrogen-bond acceptors (Lipinski definition) is 3. The maximum absolute atomic E-state index is 13.0. The Hall–Kier alpha value is -2.66. The highest BCUT2D eigenvalue weighted by molar-refractivity contribution is 5.91. The van der Waals surface area contributed by atoms with Crippen LogP contribution in [0.25, 0.3) is 11.1 Å². The Morgan fingerprint density at radius 3 is 2.37 bits per heavy atom. The zero-order valence-electron chi connectivity index (χ0n) is 17.3. The molecule has 1 amide bonds. The van der Waals surface area contributed by atoms with Gasteiger partial charge in [0.1, 0.15) is 0 Å². The molecule has 5 heteroatoms. The smallest absolute Gasteiger partial charge is 0.335 e. The van der Waals surface area contributed by atoms with E-state index < -0.39 is 5.97 Å². The van der Waals surface area contributed by atoms with Gasteiger partial charge in [0.05, 0.1) is 25.2 Å². The second-order valence-electron chi connectivity index (χ2n) is 8.28. The molecule has 0 radical (unpaired) electrons. The molecule has 0 unspecified atom stereocenters. The Kier molecular flexibility index (Phi) is 6.48. The van der Waals surface area contributed by atoms with E-state index in [2.05, 4.69) is 12.1 Å². The molecule has 0 spiro atoms. The minimum atomic E-state index is -0.938. The number of carbonyl (C=O) groups excluding carboxylic acids is 1. The molecule has 1 N–H and O–H groups in total. The van der Waals surface area contributed by atoms with E-state index in [9.17, 15) is 14.7 Å². The van der Waals surface area contributed by atoms with E-state index in [1.807, 2.05) is 29.2 Å². The quantitative estimate of drug-likeness (QED) is 0.792. The van der Waals surface area contributed by atoms with E-state index in [0.717, 1.165) is 47.9 Å². The first kappa shape index (κ1) is 20.6. The average Bonchev–Trinajstić information content (AvgIpc) is 2.80. The predicted octanol–water partition coefficient (Wildman–Crippen LogP) is 4.50. The van der Waals surface area contributed by atoms with E-state index in [0.29, 0.717) is 32.2 Å². The predicted molar refractivity (Wildman–Crippen MR) is 116 cm³/mol. The summed E-state index contributed by atoms with van der Waals surface area (Å²) in [6.07, 6.45) is 5.92. The number of benzene rings is 2. The Labute approximate surface area is 177 Å². The number of carbonyl (C=O) groups is 2. The number of morpholine rings is 1. The molecule has 2 aromatic carbocycles. The molecular weight excluding hydrogens is 378 g/mol. The lowest BCUT2D eigenvalue weighted by Crippen LogP contribution is -2.41. The fourth-order valence-electron chi connectivity index (χ4n) is 4.77. The van der Waals surface area contributed by atoms with Gasteiger partial charge in [-0.2, -0.15) is 0 Å². The van der Waals surface area contributed by atoms with Crippen LogP contribution in [0, 0.1) is 0 Å². The van der Waals surface area contributed by atoms with Crippen molar-refractivity contribution in [2.75, 3.05) is 26.3 Å². The SMILES string of the molecule is O=C(O)c1cc(CC(=O)N2CCOCC2)c(-c2ccccc2)c(C2CCCCC2)c1. The van der Waals surface area contributed by atoms with Gasteiger partial charge in [-0.15, -0.1) is 0 Å². The fraction of sp³-hybridized carbons (Fsp3) is 0.440. The van der Waals surface area contributed by atoms with Gasteiger partial charge in [0.2, 0.25) is 5.91 Å². The number of ether oxygens (including phenoxy) is 1. The van der Waals surface area contributed by atoms with Crippen LogP contribution in [0.5, 0.6) is 0 Å². The van der Waals surface area contributed by atoms with Crippen molar-refractivity contribution < 1.29 is 19.4 Å². The van der Waals surface area contributed by atoms with Gasteiger partial charge in [0.25, 0.3) is 0 Å². The largest absolute Gasteiger partial charge is 0.478 e. The van der Waals surface area contributed by atoms with Gasteiger partial charge >= 0.3 is 5.97 Å².